The van der Waals surface area contributed by atoms with E-state index in [4.69, 9.17) is 5.73 Å². The molecule has 0 saturated heterocycles. The smallest absolute Gasteiger partial charge is 0.123 e. The first-order chi connectivity index (χ1) is 9.11. The second-order valence-corrected chi connectivity index (χ2v) is 5.84. The second-order valence-electron chi connectivity index (χ2n) is 5.84. The highest BCUT2D eigenvalue weighted by Crippen LogP contribution is 2.30. The van der Waals surface area contributed by atoms with Crippen LogP contribution in [0.4, 0.5) is 4.39 Å². The van der Waals surface area contributed by atoms with E-state index in [9.17, 15) is 4.39 Å². The van der Waals surface area contributed by atoms with Crippen LogP contribution in [0.3, 0.4) is 0 Å². The molecule has 1 aromatic carbocycles. The van der Waals surface area contributed by atoms with Crippen molar-refractivity contribution < 1.29 is 4.39 Å². The molecule has 0 aliphatic heterocycles. The third-order valence-corrected chi connectivity index (χ3v) is 4.56. The quantitative estimate of drug-likeness (QED) is 0.886. The summed E-state index contributed by atoms with van der Waals surface area (Å²) in [4.78, 5) is 2.44. The summed E-state index contributed by atoms with van der Waals surface area (Å²) in [5.41, 5.74) is 6.93. The minimum absolute atomic E-state index is 0.145. The SMILES string of the molecule is CC(Cc1cccc(F)c1)N(C)C1CCCC1CN. The van der Waals surface area contributed by atoms with Crippen LogP contribution in [0, 0.1) is 11.7 Å². The Morgan fingerprint density at radius 2 is 2.21 bits per heavy atom. The Kier molecular flexibility index (Phi) is 4.94. The fraction of sp³-hybridized carbons (Fsp3) is 0.625. The third-order valence-electron chi connectivity index (χ3n) is 4.56. The number of hydrogen-bond donors (Lipinski definition) is 1. The van der Waals surface area contributed by atoms with Gasteiger partial charge in [0, 0.05) is 12.1 Å². The molecule has 1 aliphatic rings. The van der Waals surface area contributed by atoms with Crippen molar-refractivity contribution in [2.45, 2.75) is 44.7 Å². The first kappa shape index (κ1) is 14.5. The molecule has 106 valence electrons. The highest BCUT2D eigenvalue weighted by molar-refractivity contribution is 5.17. The van der Waals surface area contributed by atoms with Crippen LogP contribution in [0.25, 0.3) is 0 Å². The maximum Gasteiger partial charge on any atom is 0.123 e. The Labute approximate surface area is 115 Å². The lowest BCUT2D eigenvalue weighted by Crippen LogP contribution is -2.43. The number of hydrogen-bond acceptors (Lipinski definition) is 2. The van der Waals surface area contributed by atoms with Crippen LogP contribution in [0.2, 0.25) is 0 Å². The maximum atomic E-state index is 13.2. The largest absolute Gasteiger partial charge is 0.330 e. The minimum Gasteiger partial charge on any atom is -0.330 e. The Balaban J connectivity index is 1.97. The fourth-order valence-electron chi connectivity index (χ4n) is 3.30. The normalized spacial score (nSPS) is 24.9. The average molecular weight is 264 g/mol. The van der Waals surface area contributed by atoms with Crippen LogP contribution in [0.1, 0.15) is 31.7 Å². The molecule has 1 aliphatic carbocycles. The van der Waals surface area contributed by atoms with Crippen molar-refractivity contribution in [2.24, 2.45) is 11.7 Å². The lowest BCUT2D eigenvalue weighted by Gasteiger charge is -2.34. The number of halogens is 1. The molecule has 0 bridgehead atoms. The highest BCUT2D eigenvalue weighted by Gasteiger charge is 2.31. The van der Waals surface area contributed by atoms with Crippen molar-refractivity contribution in [3.8, 4) is 0 Å². The van der Waals surface area contributed by atoms with Crippen LogP contribution in [0.5, 0.6) is 0 Å². The summed E-state index contributed by atoms with van der Waals surface area (Å²) >= 11 is 0. The molecule has 0 amide bonds. The summed E-state index contributed by atoms with van der Waals surface area (Å²) in [5.74, 6) is 0.480. The standard InChI is InChI=1S/C16H25FN2/c1-12(9-13-5-3-7-15(17)10-13)19(2)16-8-4-6-14(16)11-18/h3,5,7,10,12,14,16H,4,6,8-9,11,18H2,1-2H3. The van der Waals surface area contributed by atoms with Crippen molar-refractivity contribution in [3.05, 3.63) is 35.6 Å². The predicted molar refractivity (Wildman–Crippen MR) is 77.5 cm³/mol. The molecule has 3 atom stereocenters. The number of rotatable bonds is 5. The van der Waals surface area contributed by atoms with Crippen LogP contribution < -0.4 is 5.73 Å². The highest BCUT2D eigenvalue weighted by atomic mass is 19.1. The molecule has 2 N–H and O–H groups in total. The zero-order valence-corrected chi connectivity index (χ0v) is 12.0. The Morgan fingerprint density at radius 1 is 1.42 bits per heavy atom. The van der Waals surface area contributed by atoms with Gasteiger partial charge >= 0.3 is 0 Å². The molecule has 2 rings (SSSR count). The summed E-state index contributed by atoms with van der Waals surface area (Å²) in [6, 6.07) is 7.93. The first-order valence-corrected chi connectivity index (χ1v) is 7.28. The van der Waals surface area contributed by atoms with E-state index in [-0.39, 0.29) is 5.82 Å². The molecule has 1 aromatic rings. The minimum atomic E-state index is -0.145. The van der Waals surface area contributed by atoms with Crippen LogP contribution in [-0.4, -0.2) is 30.6 Å². The summed E-state index contributed by atoms with van der Waals surface area (Å²) < 4.78 is 13.2. The fourth-order valence-corrected chi connectivity index (χ4v) is 3.30. The average Bonchev–Trinajstić information content (AvgIpc) is 2.86. The van der Waals surface area contributed by atoms with E-state index in [1.807, 2.05) is 6.07 Å². The zero-order valence-electron chi connectivity index (χ0n) is 12.0. The third kappa shape index (κ3) is 3.54. The summed E-state index contributed by atoms with van der Waals surface area (Å²) in [7, 11) is 2.18. The van der Waals surface area contributed by atoms with Gasteiger partial charge in [-0.3, -0.25) is 0 Å². The van der Waals surface area contributed by atoms with Crippen LogP contribution in [-0.2, 0) is 6.42 Å². The molecule has 3 heteroatoms. The van der Waals surface area contributed by atoms with Crippen LogP contribution in [0.15, 0.2) is 24.3 Å². The van der Waals surface area contributed by atoms with E-state index in [1.54, 1.807) is 12.1 Å². The zero-order chi connectivity index (χ0) is 13.8. The van der Waals surface area contributed by atoms with Gasteiger partial charge in [-0.05, 0) is 63.4 Å². The molecule has 0 radical (unpaired) electrons. The van der Waals surface area contributed by atoms with Gasteiger partial charge in [-0.15, -0.1) is 0 Å². The maximum absolute atomic E-state index is 13.2. The molecular formula is C16H25FN2. The van der Waals surface area contributed by atoms with Crippen molar-refractivity contribution in [1.29, 1.82) is 0 Å². The molecule has 0 aromatic heterocycles. The van der Waals surface area contributed by atoms with E-state index in [0.717, 1.165) is 18.5 Å². The van der Waals surface area contributed by atoms with E-state index < -0.39 is 0 Å². The monoisotopic (exact) mass is 264 g/mol. The van der Waals surface area contributed by atoms with Gasteiger partial charge in [0.05, 0.1) is 0 Å². The molecule has 1 saturated carbocycles. The number of nitrogens with two attached hydrogens (primary N) is 1. The van der Waals surface area contributed by atoms with Gasteiger partial charge in [0.2, 0.25) is 0 Å². The molecule has 0 heterocycles. The predicted octanol–water partition coefficient (Wildman–Crippen LogP) is 2.82. The second kappa shape index (κ2) is 6.49. The van der Waals surface area contributed by atoms with Gasteiger partial charge in [-0.1, -0.05) is 18.6 Å². The van der Waals surface area contributed by atoms with Gasteiger partial charge < -0.3 is 10.6 Å². The molecule has 1 fully saturated rings. The van der Waals surface area contributed by atoms with Gasteiger partial charge in [0.15, 0.2) is 0 Å². The summed E-state index contributed by atoms with van der Waals surface area (Å²) in [6.07, 6.45) is 4.66. The van der Waals surface area contributed by atoms with Crippen molar-refractivity contribution in [1.82, 2.24) is 4.90 Å². The van der Waals surface area contributed by atoms with E-state index in [0.29, 0.717) is 18.0 Å². The lowest BCUT2D eigenvalue weighted by molar-refractivity contribution is 0.151. The number of benzene rings is 1. The van der Waals surface area contributed by atoms with E-state index in [1.165, 1.54) is 25.3 Å². The molecule has 0 spiro atoms. The van der Waals surface area contributed by atoms with Crippen LogP contribution >= 0.6 is 0 Å². The summed E-state index contributed by atoms with van der Waals surface area (Å²) in [6.45, 7) is 3.00. The van der Waals surface area contributed by atoms with Crippen molar-refractivity contribution in [3.63, 3.8) is 0 Å². The topological polar surface area (TPSA) is 29.3 Å². The Morgan fingerprint density at radius 3 is 2.89 bits per heavy atom. The lowest BCUT2D eigenvalue weighted by atomic mass is 9.99. The van der Waals surface area contributed by atoms with E-state index in [2.05, 4.69) is 18.9 Å². The van der Waals surface area contributed by atoms with Gasteiger partial charge in [0.25, 0.3) is 0 Å². The number of likely N-dealkylation sites (N-methyl/N-ethyl adjacent to an activating group) is 1. The molecule has 19 heavy (non-hydrogen) atoms. The Hall–Kier alpha value is -0.930. The molecular weight excluding hydrogens is 239 g/mol. The summed E-state index contributed by atoms with van der Waals surface area (Å²) in [5, 5.41) is 0. The van der Waals surface area contributed by atoms with Gasteiger partial charge in [-0.25, -0.2) is 4.39 Å². The molecule has 2 nitrogen and oxygen atoms in total. The number of nitrogens with zero attached hydrogens (tertiary/aromatic N) is 1. The van der Waals surface area contributed by atoms with Gasteiger partial charge in [0.1, 0.15) is 5.82 Å². The van der Waals surface area contributed by atoms with Crippen molar-refractivity contribution in [2.75, 3.05) is 13.6 Å². The van der Waals surface area contributed by atoms with Crippen molar-refractivity contribution >= 4 is 0 Å². The molecule has 3 unspecified atom stereocenters. The van der Waals surface area contributed by atoms with Gasteiger partial charge in [-0.2, -0.15) is 0 Å². The Bertz CT molecular complexity index is 407. The van der Waals surface area contributed by atoms with E-state index >= 15 is 0 Å². The first-order valence-electron chi connectivity index (χ1n) is 7.28.